The van der Waals surface area contributed by atoms with E-state index < -0.39 is 6.10 Å². The van der Waals surface area contributed by atoms with Crippen molar-refractivity contribution in [2.75, 3.05) is 13.2 Å². The number of rotatable bonds is 50. The van der Waals surface area contributed by atoms with Gasteiger partial charge in [-0.3, -0.25) is 14.4 Å². The monoisotopic (exact) mass is 981 g/mol. The summed E-state index contributed by atoms with van der Waals surface area (Å²) in [5.74, 6) is -1.05. The van der Waals surface area contributed by atoms with Crippen molar-refractivity contribution in [1.29, 1.82) is 0 Å². The van der Waals surface area contributed by atoms with Crippen LogP contribution in [-0.4, -0.2) is 37.2 Å². The highest BCUT2D eigenvalue weighted by Crippen LogP contribution is 2.13. The van der Waals surface area contributed by atoms with E-state index in [9.17, 15) is 14.4 Å². The molecule has 6 nitrogen and oxygen atoms in total. The van der Waals surface area contributed by atoms with Crippen molar-refractivity contribution in [3.63, 3.8) is 0 Å². The zero-order valence-corrected chi connectivity index (χ0v) is 45.7. The molecule has 0 aliphatic rings. The molecule has 0 aromatic heterocycles. The number of hydrogen-bond donors (Lipinski definition) is 0. The Bertz CT molecular complexity index is 1550. The molecule has 0 aliphatic carbocycles. The number of ether oxygens (including phenoxy) is 3. The molecule has 400 valence electrons. The first kappa shape index (κ1) is 66.6. The van der Waals surface area contributed by atoms with Crippen LogP contribution in [0.15, 0.2) is 134 Å². The molecule has 0 bridgehead atoms. The Kier molecular flexibility index (Phi) is 54.5. The Balaban J connectivity index is 4.59. The van der Waals surface area contributed by atoms with Crippen LogP contribution in [0.25, 0.3) is 0 Å². The summed E-state index contributed by atoms with van der Waals surface area (Å²) < 4.78 is 16.8. The molecule has 0 spiro atoms. The second-order valence-corrected chi connectivity index (χ2v) is 18.5. The Morgan fingerprint density at radius 3 is 1.00 bits per heavy atom. The maximum absolute atomic E-state index is 12.9. The van der Waals surface area contributed by atoms with Crippen molar-refractivity contribution < 1.29 is 28.6 Å². The lowest BCUT2D eigenvalue weighted by Crippen LogP contribution is -2.30. The van der Waals surface area contributed by atoms with Gasteiger partial charge in [-0.25, -0.2) is 0 Å². The fourth-order valence-electron chi connectivity index (χ4n) is 7.33. The van der Waals surface area contributed by atoms with Crippen LogP contribution in [-0.2, 0) is 28.6 Å². The summed E-state index contributed by atoms with van der Waals surface area (Å²) in [5, 5.41) is 0. The molecule has 0 amide bonds. The van der Waals surface area contributed by atoms with Crippen LogP contribution in [0, 0.1) is 0 Å². The Labute approximate surface area is 436 Å². The van der Waals surface area contributed by atoms with Gasteiger partial charge < -0.3 is 14.2 Å². The lowest BCUT2D eigenvalue weighted by atomic mass is 10.1. The van der Waals surface area contributed by atoms with Crippen molar-refractivity contribution in [3.05, 3.63) is 134 Å². The molecule has 0 unspecified atom stereocenters. The van der Waals surface area contributed by atoms with Crippen LogP contribution in [0.2, 0.25) is 0 Å². The van der Waals surface area contributed by atoms with E-state index in [0.717, 1.165) is 96.3 Å². The van der Waals surface area contributed by atoms with Crippen molar-refractivity contribution in [3.8, 4) is 0 Å². The molecule has 0 N–H and O–H groups in total. The van der Waals surface area contributed by atoms with Crippen LogP contribution < -0.4 is 0 Å². The van der Waals surface area contributed by atoms with E-state index in [1.54, 1.807) is 0 Å². The number of hydrogen-bond acceptors (Lipinski definition) is 6. The molecule has 1 atom stereocenters. The minimum atomic E-state index is -0.833. The standard InChI is InChI=1S/C65H104O6/c1-4-7-10-13-16-19-22-25-28-30-32-34-37-40-43-46-49-52-55-58-64(67)70-61-62(60-69-63(66)57-54-51-48-45-42-39-36-27-24-21-18-15-12-9-6-3)71-65(68)59-56-53-50-47-44-41-38-35-33-31-29-26-23-20-17-14-11-8-5-2/h7,10,16-17,19-21,24-26,28-29,32-35,40-41,43-44,49,52,62H,4-6,8-9,11-15,18,22-23,27,30-31,36-39,42,45-48,50-51,53-61H2,1-3H3/b10-7+,19-16+,20-17+,24-21+,28-25+,29-26+,34-32+,35-33+,43-40+,44-41+,52-49+/t62-/m1/s1. The first-order valence-electron chi connectivity index (χ1n) is 28.7. The maximum atomic E-state index is 12.9. The van der Waals surface area contributed by atoms with E-state index >= 15 is 0 Å². The summed E-state index contributed by atoms with van der Waals surface area (Å²) in [6.07, 6.45) is 81.6. The maximum Gasteiger partial charge on any atom is 0.306 e. The smallest absolute Gasteiger partial charge is 0.306 e. The molecule has 71 heavy (non-hydrogen) atoms. The predicted octanol–water partition coefficient (Wildman–Crippen LogP) is 19.4. The quantitative estimate of drug-likeness (QED) is 0.0262. The first-order chi connectivity index (χ1) is 35.0. The molecule has 0 heterocycles. The zero-order chi connectivity index (χ0) is 51.4. The van der Waals surface area contributed by atoms with Gasteiger partial charge in [0.1, 0.15) is 13.2 Å². The minimum Gasteiger partial charge on any atom is -0.462 e. The van der Waals surface area contributed by atoms with E-state index in [1.807, 2.05) is 12.2 Å². The molecule has 0 aromatic rings. The number of unbranched alkanes of at least 4 members (excludes halogenated alkanes) is 17. The number of esters is 3. The SMILES string of the molecule is CC/C=C/C/C=C/C/C=C/C/C=C/C/C=C/C/C=C/CCC(=O)OC[C@@H](COC(=O)CCCCCCCCC/C=C/CCCCCC)OC(=O)CCCCC/C=C/C/C=C/C/C=C/C/C=C/CCCCC. The van der Waals surface area contributed by atoms with Crippen LogP contribution >= 0.6 is 0 Å². The molecule has 0 saturated heterocycles. The Morgan fingerprint density at radius 1 is 0.296 bits per heavy atom. The fourth-order valence-corrected chi connectivity index (χ4v) is 7.33. The van der Waals surface area contributed by atoms with Crippen molar-refractivity contribution in [2.45, 2.75) is 245 Å². The van der Waals surface area contributed by atoms with Gasteiger partial charge in [-0.05, 0) is 128 Å². The second kappa shape index (κ2) is 58.1. The molecule has 0 saturated carbocycles. The topological polar surface area (TPSA) is 78.9 Å². The minimum absolute atomic E-state index is 0.121. The number of allylic oxidation sites excluding steroid dienone is 22. The lowest BCUT2D eigenvalue weighted by molar-refractivity contribution is -0.166. The lowest BCUT2D eigenvalue weighted by Gasteiger charge is -2.18. The third-order valence-corrected chi connectivity index (χ3v) is 11.6. The summed E-state index contributed by atoms with van der Waals surface area (Å²) in [7, 11) is 0. The molecule has 6 heteroatoms. The highest BCUT2D eigenvalue weighted by Gasteiger charge is 2.19. The molecule has 0 fully saturated rings. The third kappa shape index (κ3) is 56.3. The van der Waals surface area contributed by atoms with Crippen LogP contribution in [0.1, 0.15) is 239 Å². The molecular formula is C65H104O6. The molecule has 0 aromatic carbocycles. The molecule has 0 radical (unpaired) electrons. The van der Waals surface area contributed by atoms with Gasteiger partial charge in [0.05, 0.1) is 0 Å². The van der Waals surface area contributed by atoms with E-state index in [2.05, 4.69) is 142 Å². The third-order valence-electron chi connectivity index (χ3n) is 11.6. The Morgan fingerprint density at radius 2 is 0.577 bits per heavy atom. The predicted molar refractivity (Wildman–Crippen MR) is 306 cm³/mol. The van der Waals surface area contributed by atoms with Crippen LogP contribution in [0.5, 0.6) is 0 Å². The first-order valence-corrected chi connectivity index (χ1v) is 28.7. The van der Waals surface area contributed by atoms with E-state index in [4.69, 9.17) is 14.2 Å². The van der Waals surface area contributed by atoms with Gasteiger partial charge in [0.25, 0.3) is 0 Å². The van der Waals surface area contributed by atoms with Gasteiger partial charge >= 0.3 is 17.9 Å². The highest BCUT2D eigenvalue weighted by molar-refractivity contribution is 5.71. The molecular weight excluding hydrogens is 877 g/mol. The Hall–Kier alpha value is -4.45. The van der Waals surface area contributed by atoms with Gasteiger partial charge in [-0.1, -0.05) is 225 Å². The molecule has 0 rings (SSSR count). The molecule has 0 aliphatic heterocycles. The summed E-state index contributed by atoms with van der Waals surface area (Å²) in [4.78, 5) is 38.1. The number of carbonyl (C=O) groups is 3. The average Bonchev–Trinajstić information content (AvgIpc) is 3.37. The van der Waals surface area contributed by atoms with E-state index in [0.29, 0.717) is 19.3 Å². The van der Waals surface area contributed by atoms with Crippen molar-refractivity contribution >= 4 is 17.9 Å². The van der Waals surface area contributed by atoms with Crippen molar-refractivity contribution in [2.24, 2.45) is 0 Å². The van der Waals surface area contributed by atoms with Gasteiger partial charge in [-0.15, -0.1) is 0 Å². The average molecular weight is 982 g/mol. The summed E-state index contributed by atoms with van der Waals surface area (Å²) >= 11 is 0. The van der Waals surface area contributed by atoms with Crippen molar-refractivity contribution in [1.82, 2.24) is 0 Å². The van der Waals surface area contributed by atoms with Gasteiger partial charge in [0.2, 0.25) is 0 Å². The summed E-state index contributed by atoms with van der Waals surface area (Å²) in [5.41, 5.74) is 0. The van der Waals surface area contributed by atoms with E-state index in [1.165, 1.54) is 89.9 Å². The second-order valence-electron chi connectivity index (χ2n) is 18.5. The van der Waals surface area contributed by atoms with Gasteiger partial charge in [0, 0.05) is 19.3 Å². The van der Waals surface area contributed by atoms with Crippen LogP contribution in [0.4, 0.5) is 0 Å². The van der Waals surface area contributed by atoms with E-state index in [-0.39, 0.29) is 44.0 Å². The van der Waals surface area contributed by atoms with Gasteiger partial charge in [-0.2, -0.15) is 0 Å². The fraction of sp³-hybridized carbons (Fsp3) is 0.615. The zero-order valence-electron chi connectivity index (χ0n) is 45.7. The van der Waals surface area contributed by atoms with Gasteiger partial charge in [0.15, 0.2) is 6.10 Å². The summed E-state index contributed by atoms with van der Waals surface area (Å²) in [6.45, 7) is 6.38. The number of carbonyl (C=O) groups excluding carboxylic acids is 3. The summed E-state index contributed by atoms with van der Waals surface area (Å²) in [6, 6.07) is 0. The van der Waals surface area contributed by atoms with Crippen LogP contribution in [0.3, 0.4) is 0 Å². The largest absolute Gasteiger partial charge is 0.462 e. The normalized spacial score (nSPS) is 13.1. The highest BCUT2D eigenvalue weighted by atomic mass is 16.6.